The lowest BCUT2D eigenvalue weighted by atomic mass is 10.1. The lowest BCUT2D eigenvalue weighted by molar-refractivity contribution is -0.125. The summed E-state index contributed by atoms with van der Waals surface area (Å²) < 4.78 is 16.3. The van der Waals surface area contributed by atoms with Gasteiger partial charge < -0.3 is 19.2 Å². The predicted molar refractivity (Wildman–Crippen MR) is 120 cm³/mol. The number of carbonyl (C=O) groups is 3. The highest BCUT2D eigenvalue weighted by Gasteiger charge is 2.28. The van der Waals surface area contributed by atoms with Gasteiger partial charge in [-0.2, -0.15) is 0 Å². The van der Waals surface area contributed by atoms with Crippen molar-refractivity contribution in [1.82, 2.24) is 5.32 Å². The maximum atomic E-state index is 12.7. The van der Waals surface area contributed by atoms with Crippen LogP contribution in [0.15, 0.2) is 65.3 Å². The van der Waals surface area contributed by atoms with Crippen molar-refractivity contribution >= 4 is 23.3 Å². The first-order valence-electron chi connectivity index (χ1n) is 10.6. The monoisotopic (exact) mass is 448 g/mol. The molecule has 3 aromatic rings. The SMILES string of the molecule is CCc1cccc(OCC(=O)c2ccc3c(c2)N(CC(=O)NCc2ccco2)C(=O)CO3)c1. The number of amides is 2. The normalized spacial score (nSPS) is 12.6. The largest absolute Gasteiger partial charge is 0.485 e. The minimum Gasteiger partial charge on any atom is -0.485 e. The van der Waals surface area contributed by atoms with Crippen LogP contribution < -0.4 is 19.7 Å². The molecule has 1 N–H and O–H groups in total. The van der Waals surface area contributed by atoms with Gasteiger partial charge in [0.1, 0.15) is 23.8 Å². The second kappa shape index (κ2) is 10.0. The fourth-order valence-electron chi connectivity index (χ4n) is 3.43. The Hall–Kier alpha value is -4.07. The van der Waals surface area contributed by atoms with Gasteiger partial charge in [0.15, 0.2) is 19.0 Å². The highest BCUT2D eigenvalue weighted by Crippen LogP contribution is 2.33. The van der Waals surface area contributed by atoms with Gasteiger partial charge in [-0.15, -0.1) is 0 Å². The van der Waals surface area contributed by atoms with Crippen molar-refractivity contribution in [2.45, 2.75) is 19.9 Å². The van der Waals surface area contributed by atoms with E-state index in [-0.39, 0.29) is 43.9 Å². The Bertz CT molecular complexity index is 1160. The van der Waals surface area contributed by atoms with E-state index < -0.39 is 0 Å². The molecule has 2 heterocycles. The molecule has 0 aliphatic carbocycles. The molecule has 0 atom stereocenters. The number of benzene rings is 2. The molecule has 4 rings (SSSR count). The van der Waals surface area contributed by atoms with Gasteiger partial charge in [0.05, 0.1) is 18.5 Å². The average molecular weight is 448 g/mol. The van der Waals surface area contributed by atoms with E-state index in [0.29, 0.717) is 28.5 Å². The molecule has 1 aliphatic heterocycles. The summed E-state index contributed by atoms with van der Waals surface area (Å²) in [4.78, 5) is 38.9. The Morgan fingerprint density at radius 1 is 1.12 bits per heavy atom. The van der Waals surface area contributed by atoms with Gasteiger partial charge >= 0.3 is 0 Å². The standard InChI is InChI=1S/C25H24N2O6/c1-2-17-5-3-6-19(11-17)32-15-22(28)18-8-9-23-21(12-18)27(25(30)16-33-23)14-24(29)26-13-20-7-4-10-31-20/h3-12H,2,13-16H2,1H3,(H,26,29). The molecule has 1 aromatic heterocycles. The lowest BCUT2D eigenvalue weighted by Crippen LogP contribution is -2.45. The fourth-order valence-corrected chi connectivity index (χ4v) is 3.43. The van der Waals surface area contributed by atoms with Gasteiger partial charge in [0.25, 0.3) is 5.91 Å². The quantitative estimate of drug-likeness (QED) is 0.505. The van der Waals surface area contributed by atoms with Crippen LogP contribution >= 0.6 is 0 Å². The molecule has 1 aliphatic rings. The van der Waals surface area contributed by atoms with Gasteiger partial charge in [-0.25, -0.2) is 0 Å². The van der Waals surface area contributed by atoms with E-state index in [9.17, 15) is 14.4 Å². The maximum absolute atomic E-state index is 12.7. The van der Waals surface area contributed by atoms with Gasteiger partial charge in [-0.3, -0.25) is 19.3 Å². The highest BCUT2D eigenvalue weighted by atomic mass is 16.5. The van der Waals surface area contributed by atoms with Crippen LogP contribution in [0.3, 0.4) is 0 Å². The summed E-state index contributed by atoms with van der Waals surface area (Å²) in [6.07, 6.45) is 2.39. The van der Waals surface area contributed by atoms with Gasteiger partial charge in [0.2, 0.25) is 5.91 Å². The summed E-state index contributed by atoms with van der Waals surface area (Å²) in [6, 6.07) is 15.9. The third kappa shape index (κ3) is 5.41. The zero-order valence-electron chi connectivity index (χ0n) is 18.2. The number of aryl methyl sites for hydroxylation is 1. The summed E-state index contributed by atoms with van der Waals surface area (Å²) >= 11 is 0. The number of rotatable bonds is 9. The molecule has 0 fully saturated rings. The molecule has 0 bridgehead atoms. The number of fused-ring (bicyclic) bond motifs is 1. The van der Waals surface area contributed by atoms with Crippen LogP contribution in [0.4, 0.5) is 5.69 Å². The van der Waals surface area contributed by atoms with Crippen LogP contribution in [0.5, 0.6) is 11.5 Å². The maximum Gasteiger partial charge on any atom is 0.265 e. The van der Waals surface area contributed by atoms with Crippen LogP contribution in [-0.2, 0) is 22.6 Å². The lowest BCUT2D eigenvalue weighted by Gasteiger charge is -2.29. The summed E-state index contributed by atoms with van der Waals surface area (Å²) in [5.74, 6) is 0.682. The summed E-state index contributed by atoms with van der Waals surface area (Å²) in [7, 11) is 0. The van der Waals surface area contributed by atoms with Crippen LogP contribution in [0, 0.1) is 0 Å². The van der Waals surface area contributed by atoms with Gasteiger partial charge in [-0.05, 0) is 54.4 Å². The van der Waals surface area contributed by atoms with Gasteiger partial charge in [0, 0.05) is 5.56 Å². The minimum atomic E-state index is -0.368. The van der Waals surface area contributed by atoms with Crippen LogP contribution in [0.2, 0.25) is 0 Å². The molecule has 8 heteroatoms. The number of nitrogens with one attached hydrogen (secondary N) is 1. The molecule has 0 radical (unpaired) electrons. The zero-order chi connectivity index (χ0) is 23.2. The van der Waals surface area contributed by atoms with E-state index >= 15 is 0 Å². The first-order valence-corrected chi connectivity index (χ1v) is 10.6. The molecule has 0 saturated heterocycles. The third-order valence-corrected chi connectivity index (χ3v) is 5.24. The second-order valence-corrected chi connectivity index (χ2v) is 7.52. The smallest absolute Gasteiger partial charge is 0.265 e. The number of ether oxygens (including phenoxy) is 2. The Balaban J connectivity index is 1.44. The van der Waals surface area contributed by atoms with Crippen molar-refractivity contribution in [1.29, 1.82) is 0 Å². The van der Waals surface area contributed by atoms with E-state index in [0.717, 1.165) is 12.0 Å². The number of carbonyl (C=O) groups excluding carboxylic acids is 3. The fraction of sp³-hybridized carbons (Fsp3) is 0.240. The molecule has 0 spiro atoms. The number of hydrogen-bond acceptors (Lipinski definition) is 6. The van der Waals surface area contributed by atoms with E-state index in [1.54, 1.807) is 36.4 Å². The minimum absolute atomic E-state index is 0.148. The van der Waals surface area contributed by atoms with Gasteiger partial charge in [-0.1, -0.05) is 19.1 Å². The first kappa shape index (κ1) is 22.1. The van der Waals surface area contributed by atoms with E-state index in [1.165, 1.54) is 11.2 Å². The van der Waals surface area contributed by atoms with Crippen LogP contribution in [0.25, 0.3) is 0 Å². The summed E-state index contributed by atoms with van der Waals surface area (Å²) in [5.41, 5.74) is 1.85. The molecule has 0 saturated carbocycles. The number of hydrogen-bond donors (Lipinski definition) is 1. The Labute approximate surface area is 191 Å². The average Bonchev–Trinajstić information content (AvgIpc) is 3.36. The van der Waals surface area contributed by atoms with Crippen molar-refractivity contribution in [3.05, 3.63) is 77.7 Å². The second-order valence-electron chi connectivity index (χ2n) is 7.52. The summed E-state index contributed by atoms with van der Waals surface area (Å²) in [5, 5.41) is 2.71. The Morgan fingerprint density at radius 2 is 2.00 bits per heavy atom. The third-order valence-electron chi connectivity index (χ3n) is 5.24. The Morgan fingerprint density at radius 3 is 2.79 bits per heavy atom. The number of ketones is 1. The zero-order valence-corrected chi connectivity index (χ0v) is 18.2. The van der Waals surface area contributed by atoms with E-state index in [2.05, 4.69) is 5.32 Å². The van der Waals surface area contributed by atoms with Crippen molar-refractivity contribution in [3.8, 4) is 11.5 Å². The first-order chi connectivity index (χ1) is 16.0. The van der Waals surface area contributed by atoms with Crippen LogP contribution in [0.1, 0.15) is 28.6 Å². The molecule has 170 valence electrons. The van der Waals surface area contributed by atoms with E-state index in [4.69, 9.17) is 13.9 Å². The van der Waals surface area contributed by atoms with Crippen molar-refractivity contribution in [3.63, 3.8) is 0 Å². The number of Topliss-reactive ketones (excluding diaryl/α,β-unsaturated/α-hetero) is 1. The molecule has 33 heavy (non-hydrogen) atoms. The summed E-state index contributed by atoms with van der Waals surface area (Å²) in [6.45, 7) is 1.73. The molecule has 2 amide bonds. The number of furan rings is 1. The molecular formula is C25H24N2O6. The van der Waals surface area contributed by atoms with Crippen molar-refractivity contribution < 1.29 is 28.3 Å². The molecule has 2 aromatic carbocycles. The molecule has 8 nitrogen and oxygen atoms in total. The number of anilines is 1. The highest BCUT2D eigenvalue weighted by molar-refractivity contribution is 6.04. The van der Waals surface area contributed by atoms with Crippen molar-refractivity contribution in [2.24, 2.45) is 0 Å². The van der Waals surface area contributed by atoms with E-state index in [1.807, 2.05) is 25.1 Å². The Kier molecular flexibility index (Phi) is 6.73. The molecular weight excluding hydrogens is 424 g/mol. The van der Waals surface area contributed by atoms with Crippen molar-refractivity contribution in [2.75, 3.05) is 24.7 Å². The topological polar surface area (TPSA) is 98.1 Å². The predicted octanol–water partition coefficient (Wildman–Crippen LogP) is 3.15. The molecule has 0 unspecified atom stereocenters. The van der Waals surface area contributed by atoms with Crippen LogP contribution in [-0.4, -0.2) is 37.4 Å². The number of nitrogens with zero attached hydrogens (tertiary/aromatic N) is 1.